The molecule has 29 heavy (non-hydrogen) atoms. The smallest absolute Gasteiger partial charge is 0.234 e. The number of fused-ring (bicyclic) bond motifs is 1. The number of thioether (sulfide) groups is 1. The Balaban J connectivity index is 1.47. The molecule has 0 bridgehead atoms. The second-order valence-corrected chi connectivity index (χ2v) is 7.50. The number of hydrogen-bond donors (Lipinski definition) is 1. The van der Waals surface area contributed by atoms with Gasteiger partial charge in [-0.15, -0.1) is 10.2 Å². The lowest BCUT2D eigenvalue weighted by molar-refractivity contribution is -0.113. The molecule has 2 heterocycles. The molecule has 1 N–H and O–H groups in total. The molecule has 0 unspecified atom stereocenters. The van der Waals surface area contributed by atoms with E-state index in [2.05, 4.69) is 15.5 Å². The zero-order valence-corrected chi connectivity index (χ0v) is 16.8. The number of carbonyl (C=O) groups is 1. The van der Waals surface area contributed by atoms with E-state index in [1.165, 1.54) is 11.8 Å². The van der Waals surface area contributed by atoms with Crippen molar-refractivity contribution in [2.75, 3.05) is 11.1 Å². The fraction of sp³-hybridized carbons (Fsp3) is 0.100. The van der Waals surface area contributed by atoms with Gasteiger partial charge in [-0.05, 0) is 36.4 Å². The number of nitrogens with zero attached hydrogens (tertiary/aromatic N) is 4. The van der Waals surface area contributed by atoms with Crippen molar-refractivity contribution in [3.63, 3.8) is 0 Å². The predicted octanol–water partition coefficient (Wildman–Crippen LogP) is 4.48. The lowest BCUT2D eigenvalue weighted by atomic mass is 10.2. The molecule has 4 aromatic rings. The Hall–Kier alpha value is -3.28. The molecule has 1 amide bonds. The van der Waals surface area contributed by atoms with Crippen LogP contribution in [0.25, 0.3) is 22.4 Å². The third kappa shape index (κ3) is 3.83. The number of furan rings is 1. The third-order valence-corrected chi connectivity index (χ3v) is 5.50. The van der Waals surface area contributed by atoms with Crippen LogP contribution in [0, 0.1) is 11.3 Å². The Labute approximate surface area is 175 Å². The highest BCUT2D eigenvalue weighted by Gasteiger charge is 2.17. The van der Waals surface area contributed by atoms with E-state index >= 15 is 0 Å². The third-order valence-electron chi connectivity index (χ3n) is 4.23. The Morgan fingerprint density at radius 3 is 2.76 bits per heavy atom. The maximum Gasteiger partial charge on any atom is 0.234 e. The number of benzene rings is 2. The molecule has 0 saturated carbocycles. The fourth-order valence-electron chi connectivity index (χ4n) is 2.84. The predicted molar refractivity (Wildman–Crippen MR) is 112 cm³/mol. The van der Waals surface area contributed by atoms with Crippen LogP contribution in [0.4, 0.5) is 5.69 Å². The van der Waals surface area contributed by atoms with Crippen LogP contribution in [0.2, 0.25) is 5.02 Å². The Kier molecular flexibility index (Phi) is 5.25. The van der Waals surface area contributed by atoms with Gasteiger partial charge >= 0.3 is 0 Å². The van der Waals surface area contributed by atoms with Crippen molar-refractivity contribution in [2.24, 2.45) is 7.05 Å². The summed E-state index contributed by atoms with van der Waals surface area (Å²) in [6, 6.07) is 16.4. The first-order valence-electron chi connectivity index (χ1n) is 8.56. The Morgan fingerprint density at radius 1 is 1.24 bits per heavy atom. The SMILES string of the molecule is Cn1c(SCC(=O)Nc2c(C#N)oc3ccccc23)nnc1-c1ccc(Cl)cc1. The van der Waals surface area contributed by atoms with Crippen LogP contribution in [-0.2, 0) is 11.8 Å². The van der Waals surface area contributed by atoms with Gasteiger partial charge < -0.3 is 14.3 Å². The summed E-state index contributed by atoms with van der Waals surface area (Å²) < 4.78 is 7.29. The minimum absolute atomic E-state index is 0.0771. The normalized spacial score (nSPS) is 10.8. The van der Waals surface area contributed by atoms with Gasteiger partial charge in [0.1, 0.15) is 17.3 Å². The van der Waals surface area contributed by atoms with E-state index in [1.54, 1.807) is 30.3 Å². The summed E-state index contributed by atoms with van der Waals surface area (Å²) in [6.45, 7) is 0. The van der Waals surface area contributed by atoms with Crippen LogP contribution < -0.4 is 5.32 Å². The molecule has 0 atom stereocenters. The summed E-state index contributed by atoms with van der Waals surface area (Å²) in [6.07, 6.45) is 0. The number of halogens is 1. The molecule has 0 aliphatic heterocycles. The molecule has 0 spiro atoms. The molecule has 0 fully saturated rings. The highest BCUT2D eigenvalue weighted by molar-refractivity contribution is 7.99. The molecule has 0 aliphatic carbocycles. The van der Waals surface area contributed by atoms with Gasteiger partial charge in [0.2, 0.25) is 11.7 Å². The van der Waals surface area contributed by atoms with Crippen molar-refractivity contribution in [3.05, 3.63) is 59.3 Å². The molecule has 0 radical (unpaired) electrons. The van der Waals surface area contributed by atoms with E-state index in [4.69, 9.17) is 16.0 Å². The number of nitriles is 1. The Morgan fingerprint density at radius 2 is 2.00 bits per heavy atom. The number of para-hydroxylation sites is 1. The number of anilines is 1. The number of hydrogen-bond acceptors (Lipinski definition) is 6. The lowest BCUT2D eigenvalue weighted by Gasteiger charge is -2.05. The minimum atomic E-state index is -0.269. The largest absolute Gasteiger partial charge is 0.443 e. The number of rotatable bonds is 5. The van der Waals surface area contributed by atoms with E-state index < -0.39 is 0 Å². The molecule has 0 aliphatic rings. The van der Waals surface area contributed by atoms with Gasteiger partial charge in [0.05, 0.1) is 5.75 Å². The van der Waals surface area contributed by atoms with Crippen LogP contribution in [-0.4, -0.2) is 26.4 Å². The fourth-order valence-corrected chi connectivity index (χ4v) is 3.68. The average Bonchev–Trinajstić information content (AvgIpc) is 3.27. The van der Waals surface area contributed by atoms with Gasteiger partial charge in [-0.2, -0.15) is 5.26 Å². The highest BCUT2D eigenvalue weighted by atomic mass is 35.5. The van der Waals surface area contributed by atoms with Gasteiger partial charge in [-0.25, -0.2) is 0 Å². The summed E-state index contributed by atoms with van der Waals surface area (Å²) in [5.41, 5.74) is 1.81. The van der Waals surface area contributed by atoms with E-state index in [9.17, 15) is 10.1 Å². The summed E-state index contributed by atoms with van der Waals surface area (Å²) in [4.78, 5) is 12.5. The van der Waals surface area contributed by atoms with Crippen LogP contribution in [0.3, 0.4) is 0 Å². The molecule has 4 rings (SSSR count). The van der Waals surface area contributed by atoms with Gasteiger partial charge in [0.25, 0.3) is 0 Å². The number of carbonyl (C=O) groups excluding carboxylic acids is 1. The maximum atomic E-state index is 12.5. The first-order valence-corrected chi connectivity index (χ1v) is 9.93. The van der Waals surface area contributed by atoms with Gasteiger partial charge in [-0.1, -0.05) is 35.5 Å². The number of nitrogens with one attached hydrogen (secondary N) is 1. The van der Waals surface area contributed by atoms with Crippen LogP contribution >= 0.6 is 23.4 Å². The molecular formula is C20H14ClN5O2S. The van der Waals surface area contributed by atoms with Crippen molar-refractivity contribution >= 4 is 45.9 Å². The monoisotopic (exact) mass is 423 g/mol. The van der Waals surface area contributed by atoms with Crippen LogP contribution in [0.1, 0.15) is 5.76 Å². The summed E-state index contributed by atoms with van der Waals surface area (Å²) >= 11 is 7.18. The number of aromatic nitrogens is 3. The zero-order chi connectivity index (χ0) is 20.4. The van der Waals surface area contributed by atoms with Crippen LogP contribution in [0.5, 0.6) is 0 Å². The molecular weight excluding hydrogens is 410 g/mol. The van der Waals surface area contributed by atoms with Crippen molar-refractivity contribution < 1.29 is 9.21 Å². The van der Waals surface area contributed by atoms with Crippen molar-refractivity contribution in [2.45, 2.75) is 5.16 Å². The topological polar surface area (TPSA) is 96.7 Å². The molecule has 9 heteroatoms. The summed E-state index contributed by atoms with van der Waals surface area (Å²) in [7, 11) is 1.83. The Bertz CT molecular complexity index is 1240. The van der Waals surface area contributed by atoms with E-state index in [-0.39, 0.29) is 17.4 Å². The molecule has 7 nitrogen and oxygen atoms in total. The van der Waals surface area contributed by atoms with E-state index in [0.717, 1.165) is 5.56 Å². The quantitative estimate of drug-likeness (QED) is 0.475. The lowest BCUT2D eigenvalue weighted by Crippen LogP contribution is -2.15. The van der Waals surface area contributed by atoms with Gasteiger partial charge in [0, 0.05) is 23.0 Å². The van der Waals surface area contributed by atoms with Crippen molar-refractivity contribution in [1.82, 2.24) is 14.8 Å². The van der Waals surface area contributed by atoms with Crippen LogP contribution in [0.15, 0.2) is 58.1 Å². The zero-order valence-electron chi connectivity index (χ0n) is 15.2. The maximum absolute atomic E-state index is 12.5. The van der Waals surface area contributed by atoms with Crippen molar-refractivity contribution in [1.29, 1.82) is 5.26 Å². The average molecular weight is 424 g/mol. The number of amides is 1. The first kappa shape index (κ1) is 19.1. The molecule has 0 saturated heterocycles. The first-order chi connectivity index (χ1) is 14.1. The second-order valence-electron chi connectivity index (χ2n) is 6.12. The summed E-state index contributed by atoms with van der Waals surface area (Å²) in [5, 5.41) is 22.3. The van der Waals surface area contributed by atoms with E-state index in [0.29, 0.717) is 32.7 Å². The van der Waals surface area contributed by atoms with Gasteiger partial charge in [0.15, 0.2) is 11.0 Å². The summed E-state index contributed by atoms with van der Waals surface area (Å²) in [5.74, 6) is 0.594. The second kappa shape index (κ2) is 7.99. The van der Waals surface area contributed by atoms with Crippen molar-refractivity contribution in [3.8, 4) is 17.5 Å². The molecule has 2 aromatic carbocycles. The standard InChI is InChI=1S/C20H14ClN5O2S/c1-26-19(12-6-8-13(21)9-7-12)24-25-20(26)29-11-17(27)23-18-14-4-2-3-5-15(14)28-16(18)10-22/h2-9H,11H2,1H3,(H,23,27). The molecule has 144 valence electrons. The van der Waals surface area contributed by atoms with Gasteiger partial charge in [-0.3, -0.25) is 4.79 Å². The minimum Gasteiger partial charge on any atom is -0.443 e. The van der Waals surface area contributed by atoms with E-state index in [1.807, 2.05) is 35.9 Å². The highest BCUT2D eigenvalue weighted by Crippen LogP contribution is 2.30. The molecule has 2 aromatic heterocycles.